The summed E-state index contributed by atoms with van der Waals surface area (Å²) in [6.07, 6.45) is 0. The molecular weight excluding hydrogens is 415 g/mol. The van der Waals surface area contributed by atoms with Gasteiger partial charge in [-0.1, -0.05) is 35.9 Å². The number of halogens is 1. The lowest BCUT2D eigenvalue weighted by molar-refractivity contribution is -0.384. The Morgan fingerprint density at radius 1 is 1.00 bits per heavy atom. The van der Waals surface area contributed by atoms with E-state index < -0.39 is 34.2 Å². The molecule has 0 saturated carbocycles. The van der Waals surface area contributed by atoms with Crippen molar-refractivity contribution in [2.75, 3.05) is 4.90 Å². The zero-order valence-corrected chi connectivity index (χ0v) is 16.9. The molecule has 0 bridgehead atoms. The average Bonchev–Trinajstić information content (AvgIpc) is 3.05. The Kier molecular flexibility index (Phi) is 5.28. The van der Waals surface area contributed by atoms with Crippen LogP contribution >= 0.6 is 0 Å². The van der Waals surface area contributed by atoms with Gasteiger partial charge in [0.2, 0.25) is 0 Å². The number of ketones is 1. The highest BCUT2D eigenvalue weighted by atomic mass is 19.1. The fraction of sp³-hybridized carbons (Fsp3) is 0.0833. The van der Waals surface area contributed by atoms with Crippen molar-refractivity contribution in [3.63, 3.8) is 0 Å². The lowest BCUT2D eigenvalue weighted by atomic mass is 9.94. The van der Waals surface area contributed by atoms with E-state index in [1.165, 1.54) is 42.5 Å². The third-order valence-corrected chi connectivity index (χ3v) is 5.31. The number of aliphatic hydroxyl groups excluding tert-OH is 1. The molecule has 3 aromatic carbocycles. The number of benzene rings is 3. The van der Waals surface area contributed by atoms with Gasteiger partial charge >= 0.3 is 0 Å². The SMILES string of the molecule is Cc1ccc(N2C(=O)C(=O)C(=C(O)c3ccc([N+](=O)[O-])cc3)C2c2ccccc2F)cc1. The molecule has 1 aliphatic rings. The number of carbonyl (C=O) groups excluding carboxylic acids is 2. The summed E-state index contributed by atoms with van der Waals surface area (Å²) in [5.41, 5.74) is 0.934. The van der Waals surface area contributed by atoms with Gasteiger partial charge in [-0.3, -0.25) is 24.6 Å². The summed E-state index contributed by atoms with van der Waals surface area (Å²) in [4.78, 5) is 37.5. The van der Waals surface area contributed by atoms with E-state index in [1.807, 2.05) is 6.92 Å². The van der Waals surface area contributed by atoms with E-state index in [-0.39, 0.29) is 22.4 Å². The maximum absolute atomic E-state index is 14.8. The first-order valence-electron chi connectivity index (χ1n) is 9.66. The summed E-state index contributed by atoms with van der Waals surface area (Å²) >= 11 is 0. The zero-order valence-electron chi connectivity index (χ0n) is 16.9. The van der Waals surface area contributed by atoms with Gasteiger partial charge in [-0.05, 0) is 37.3 Å². The van der Waals surface area contributed by atoms with Crippen molar-refractivity contribution >= 4 is 28.8 Å². The summed E-state index contributed by atoms with van der Waals surface area (Å²) in [7, 11) is 0. The second-order valence-electron chi connectivity index (χ2n) is 7.33. The zero-order chi connectivity index (χ0) is 23.0. The van der Waals surface area contributed by atoms with Crippen LogP contribution in [0.15, 0.2) is 78.4 Å². The summed E-state index contributed by atoms with van der Waals surface area (Å²) in [5.74, 6) is -3.08. The maximum atomic E-state index is 14.8. The van der Waals surface area contributed by atoms with Crippen LogP contribution in [0, 0.1) is 22.9 Å². The number of amides is 1. The van der Waals surface area contributed by atoms with Gasteiger partial charge in [-0.2, -0.15) is 0 Å². The molecule has 1 fully saturated rings. The van der Waals surface area contributed by atoms with E-state index in [1.54, 1.807) is 30.3 Å². The number of rotatable bonds is 4. The van der Waals surface area contributed by atoms with Crippen molar-refractivity contribution in [2.24, 2.45) is 0 Å². The highest BCUT2D eigenvalue weighted by Crippen LogP contribution is 2.43. The van der Waals surface area contributed by atoms with Crippen molar-refractivity contribution in [3.05, 3.63) is 111 Å². The molecule has 1 N–H and O–H groups in total. The van der Waals surface area contributed by atoms with Crippen molar-refractivity contribution in [2.45, 2.75) is 13.0 Å². The molecule has 1 heterocycles. The smallest absolute Gasteiger partial charge is 0.300 e. The predicted molar refractivity (Wildman–Crippen MR) is 115 cm³/mol. The summed E-state index contributed by atoms with van der Waals surface area (Å²) in [6, 6.07) is 16.1. The number of anilines is 1. The number of carbonyl (C=O) groups is 2. The minimum absolute atomic E-state index is 0.0377. The fourth-order valence-corrected chi connectivity index (χ4v) is 3.69. The lowest BCUT2D eigenvalue weighted by Gasteiger charge is -2.25. The predicted octanol–water partition coefficient (Wildman–Crippen LogP) is 4.67. The monoisotopic (exact) mass is 432 g/mol. The van der Waals surface area contributed by atoms with Crippen LogP contribution in [0.4, 0.5) is 15.8 Å². The topological polar surface area (TPSA) is 101 Å². The van der Waals surface area contributed by atoms with Crippen LogP contribution in [0.5, 0.6) is 0 Å². The van der Waals surface area contributed by atoms with E-state index in [4.69, 9.17) is 0 Å². The standard InChI is InChI=1S/C24H17FN2O5/c1-14-6-10-16(11-7-14)26-21(18-4-2-3-5-19(18)25)20(23(29)24(26)30)22(28)15-8-12-17(13-9-15)27(31)32/h2-13,21,28H,1H3. The maximum Gasteiger partial charge on any atom is 0.300 e. The Morgan fingerprint density at radius 3 is 2.22 bits per heavy atom. The number of aliphatic hydroxyl groups is 1. The molecule has 0 spiro atoms. The van der Waals surface area contributed by atoms with Gasteiger partial charge in [0, 0.05) is 28.9 Å². The first-order valence-corrected chi connectivity index (χ1v) is 9.66. The molecule has 0 aromatic heterocycles. The van der Waals surface area contributed by atoms with Crippen molar-refractivity contribution in [1.29, 1.82) is 0 Å². The second-order valence-corrected chi connectivity index (χ2v) is 7.33. The molecular formula is C24H17FN2O5. The van der Waals surface area contributed by atoms with Gasteiger partial charge in [-0.15, -0.1) is 0 Å². The Bertz CT molecular complexity index is 1270. The van der Waals surface area contributed by atoms with Crippen LogP contribution in [0.2, 0.25) is 0 Å². The van der Waals surface area contributed by atoms with Crippen LogP contribution in [-0.2, 0) is 9.59 Å². The number of nitro benzene ring substituents is 1. The Morgan fingerprint density at radius 2 is 1.62 bits per heavy atom. The number of aryl methyl sites for hydroxylation is 1. The molecule has 4 rings (SSSR count). The van der Waals surface area contributed by atoms with E-state index >= 15 is 0 Å². The molecule has 1 aliphatic heterocycles. The van der Waals surface area contributed by atoms with Gasteiger partial charge in [0.1, 0.15) is 11.6 Å². The molecule has 7 nitrogen and oxygen atoms in total. The molecule has 1 saturated heterocycles. The molecule has 0 radical (unpaired) electrons. The van der Waals surface area contributed by atoms with E-state index in [0.717, 1.165) is 10.5 Å². The lowest BCUT2D eigenvalue weighted by Crippen LogP contribution is -2.29. The molecule has 0 aliphatic carbocycles. The Hall–Kier alpha value is -4.33. The summed E-state index contributed by atoms with van der Waals surface area (Å²) < 4.78 is 14.8. The molecule has 1 unspecified atom stereocenters. The van der Waals surface area contributed by atoms with E-state index in [2.05, 4.69) is 0 Å². The Labute approximate surface area is 182 Å². The van der Waals surface area contributed by atoms with Crippen molar-refractivity contribution in [3.8, 4) is 0 Å². The van der Waals surface area contributed by atoms with Crippen LogP contribution in [0.1, 0.15) is 22.7 Å². The normalized spacial score (nSPS) is 17.6. The minimum atomic E-state index is -1.21. The fourth-order valence-electron chi connectivity index (χ4n) is 3.69. The number of nitro groups is 1. The van der Waals surface area contributed by atoms with Crippen molar-refractivity contribution in [1.82, 2.24) is 0 Å². The van der Waals surface area contributed by atoms with Crippen LogP contribution in [0.3, 0.4) is 0 Å². The van der Waals surface area contributed by atoms with Gasteiger partial charge in [0.25, 0.3) is 17.4 Å². The third-order valence-electron chi connectivity index (χ3n) is 5.31. The third kappa shape index (κ3) is 3.51. The number of nitrogens with zero attached hydrogens (tertiary/aromatic N) is 2. The summed E-state index contributed by atoms with van der Waals surface area (Å²) in [5, 5.41) is 21.9. The number of Topliss-reactive ketones (excluding diaryl/α,β-unsaturated/α-hetero) is 1. The molecule has 3 aromatic rings. The second kappa shape index (κ2) is 8.07. The van der Waals surface area contributed by atoms with Crippen LogP contribution in [0.25, 0.3) is 5.76 Å². The first-order chi connectivity index (χ1) is 15.3. The first kappa shape index (κ1) is 20.9. The molecule has 1 atom stereocenters. The number of hydrogen-bond donors (Lipinski definition) is 1. The number of non-ortho nitro benzene ring substituents is 1. The molecule has 8 heteroatoms. The van der Waals surface area contributed by atoms with Crippen LogP contribution < -0.4 is 4.90 Å². The van der Waals surface area contributed by atoms with Gasteiger partial charge in [0.05, 0.1) is 16.5 Å². The molecule has 160 valence electrons. The highest BCUT2D eigenvalue weighted by molar-refractivity contribution is 6.51. The van der Waals surface area contributed by atoms with E-state index in [0.29, 0.717) is 5.69 Å². The van der Waals surface area contributed by atoms with Crippen LogP contribution in [-0.4, -0.2) is 21.7 Å². The quantitative estimate of drug-likeness (QED) is 0.212. The van der Waals surface area contributed by atoms with E-state index in [9.17, 15) is 29.2 Å². The highest BCUT2D eigenvalue weighted by Gasteiger charge is 2.47. The number of hydrogen-bond acceptors (Lipinski definition) is 5. The molecule has 32 heavy (non-hydrogen) atoms. The molecule has 1 amide bonds. The average molecular weight is 432 g/mol. The largest absolute Gasteiger partial charge is 0.507 e. The summed E-state index contributed by atoms with van der Waals surface area (Å²) in [6.45, 7) is 1.86. The van der Waals surface area contributed by atoms with Crippen molar-refractivity contribution < 1.29 is 24.0 Å². The minimum Gasteiger partial charge on any atom is -0.507 e. The van der Waals surface area contributed by atoms with Gasteiger partial charge < -0.3 is 5.11 Å². The van der Waals surface area contributed by atoms with Gasteiger partial charge in [-0.25, -0.2) is 4.39 Å². The van der Waals surface area contributed by atoms with Gasteiger partial charge in [0.15, 0.2) is 0 Å². The Balaban J connectivity index is 1.93.